The highest BCUT2D eigenvalue weighted by Gasteiger charge is 2.29. The number of anilines is 2. The molecular weight excluding hydrogens is 741 g/mol. The zero-order valence-electron chi connectivity index (χ0n) is 31.3. The van der Waals surface area contributed by atoms with Gasteiger partial charge in [0.25, 0.3) is 11.8 Å². The topological polar surface area (TPSA) is 111 Å². The molecule has 2 heterocycles. The van der Waals surface area contributed by atoms with Crippen LogP contribution in [0.2, 0.25) is 0 Å². The zero-order chi connectivity index (χ0) is 39.0. The lowest BCUT2D eigenvalue weighted by Gasteiger charge is -2.13. The maximum absolute atomic E-state index is 13.3. The monoisotopic (exact) mass is 782 g/mol. The first-order chi connectivity index (χ1) is 27.4. The van der Waals surface area contributed by atoms with Crippen LogP contribution in [-0.2, 0) is 25.7 Å². The quantitative estimate of drug-likeness (QED) is 0.134. The van der Waals surface area contributed by atoms with Crippen LogP contribution in [-0.4, -0.2) is 37.6 Å². The fourth-order valence-corrected chi connectivity index (χ4v) is 9.82. The molecule has 8 rings (SSSR count). The van der Waals surface area contributed by atoms with Gasteiger partial charge in [-0.3, -0.25) is 19.2 Å². The highest BCUT2D eigenvalue weighted by molar-refractivity contribution is 7.17. The third kappa shape index (κ3) is 8.22. The fourth-order valence-electron chi connectivity index (χ4n) is 7.26. The molecule has 0 saturated heterocycles. The second kappa shape index (κ2) is 17.7. The average Bonchev–Trinajstić information content (AvgIpc) is 3.81. The molecule has 10 heteroatoms. The molecule has 2 aromatic heterocycles. The SMILES string of the molecule is COc1ccccc1C(=O)Nc1sc2c(c1C(=O)c1ccccc1)CCCC2.COc1ccccc1C(=O)Nc1sc2c(c1C(=O)c1ccccc1)CCCC2. The lowest BCUT2D eigenvalue weighted by Crippen LogP contribution is -2.15. The van der Waals surface area contributed by atoms with E-state index in [-0.39, 0.29) is 23.4 Å². The van der Waals surface area contributed by atoms with Crippen LogP contribution in [0.1, 0.15) is 99.1 Å². The van der Waals surface area contributed by atoms with Crippen molar-refractivity contribution in [2.75, 3.05) is 24.9 Å². The first kappa shape index (κ1) is 38.4. The molecule has 284 valence electrons. The summed E-state index contributed by atoms with van der Waals surface area (Å²) < 4.78 is 10.6. The number of carbonyl (C=O) groups excluding carboxylic acids is 4. The molecule has 0 bridgehead atoms. The predicted molar refractivity (Wildman–Crippen MR) is 224 cm³/mol. The second-order valence-electron chi connectivity index (χ2n) is 13.5. The van der Waals surface area contributed by atoms with Gasteiger partial charge in [0.1, 0.15) is 21.5 Å². The minimum absolute atomic E-state index is 0.0321. The van der Waals surface area contributed by atoms with Gasteiger partial charge in [-0.1, -0.05) is 84.9 Å². The number of para-hydroxylation sites is 2. The van der Waals surface area contributed by atoms with Gasteiger partial charge in [-0.2, -0.15) is 0 Å². The summed E-state index contributed by atoms with van der Waals surface area (Å²) in [4.78, 5) is 54.8. The van der Waals surface area contributed by atoms with E-state index in [1.165, 1.54) is 32.4 Å². The molecule has 2 amide bonds. The molecule has 0 unspecified atom stereocenters. The number of fused-ring (bicyclic) bond motifs is 2. The zero-order valence-corrected chi connectivity index (χ0v) is 32.9. The Balaban J connectivity index is 0.000000172. The highest BCUT2D eigenvalue weighted by Crippen LogP contribution is 2.41. The van der Waals surface area contributed by atoms with Gasteiger partial charge in [-0.25, -0.2) is 0 Å². The molecule has 0 fully saturated rings. The number of ether oxygens (including phenoxy) is 2. The molecule has 4 aromatic carbocycles. The summed E-state index contributed by atoms with van der Waals surface area (Å²) in [5, 5.41) is 7.25. The van der Waals surface area contributed by atoms with Crippen molar-refractivity contribution < 1.29 is 28.7 Å². The maximum Gasteiger partial charge on any atom is 0.260 e. The molecule has 0 spiro atoms. The number of ketones is 2. The maximum atomic E-state index is 13.3. The van der Waals surface area contributed by atoms with E-state index in [2.05, 4.69) is 10.6 Å². The van der Waals surface area contributed by atoms with Gasteiger partial charge in [0, 0.05) is 20.9 Å². The minimum atomic E-state index is -0.266. The number of amides is 2. The molecule has 2 aliphatic rings. The third-order valence-corrected chi connectivity index (χ3v) is 12.4. The molecule has 0 atom stereocenters. The molecular formula is C46H42N2O6S2. The van der Waals surface area contributed by atoms with E-state index in [4.69, 9.17) is 9.47 Å². The first-order valence-corrected chi connectivity index (χ1v) is 20.4. The van der Waals surface area contributed by atoms with Gasteiger partial charge >= 0.3 is 0 Å². The molecule has 6 aromatic rings. The molecule has 56 heavy (non-hydrogen) atoms. The minimum Gasteiger partial charge on any atom is -0.496 e. The van der Waals surface area contributed by atoms with E-state index < -0.39 is 0 Å². The molecule has 2 N–H and O–H groups in total. The van der Waals surface area contributed by atoms with E-state index in [1.54, 1.807) is 50.6 Å². The Morgan fingerprint density at radius 1 is 0.482 bits per heavy atom. The smallest absolute Gasteiger partial charge is 0.260 e. The second-order valence-corrected chi connectivity index (χ2v) is 15.7. The fraction of sp³-hybridized carbons (Fsp3) is 0.217. The number of nitrogens with one attached hydrogen (secondary N) is 2. The van der Waals surface area contributed by atoms with Crippen molar-refractivity contribution >= 4 is 56.1 Å². The standard InChI is InChI=1S/2C23H21NO3S/c2*1-27-18-13-7-5-11-16(18)22(26)24-23-20(17-12-6-8-14-19(17)28-23)21(25)15-9-3-2-4-10-15/h2*2-5,7,9-11,13H,6,8,12,14H2,1H3,(H,24,26). The Morgan fingerprint density at radius 3 is 1.23 bits per heavy atom. The summed E-state index contributed by atoms with van der Waals surface area (Å²) in [6.45, 7) is 0. The summed E-state index contributed by atoms with van der Waals surface area (Å²) >= 11 is 3.06. The third-order valence-electron chi connectivity index (χ3n) is 10.0. The van der Waals surface area contributed by atoms with Crippen molar-refractivity contribution in [3.05, 3.63) is 163 Å². The number of hydrogen-bond acceptors (Lipinski definition) is 8. The number of benzene rings is 4. The molecule has 2 aliphatic carbocycles. The van der Waals surface area contributed by atoms with E-state index in [0.29, 0.717) is 54.9 Å². The number of thiophene rings is 2. The average molecular weight is 783 g/mol. The van der Waals surface area contributed by atoms with Crippen molar-refractivity contribution in [2.24, 2.45) is 0 Å². The van der Waals surface area contributed by atoms with Crippen LogP contribution >= 0.6 is 22.7 Å². The largest absolute Gasteiger partial charge is 0.496 e. The van der Waals surface area contributed by atoms with Gasteiger partial charge in [-0.15, -0.1) is 22.7 Å². The first-order valence-electron chi connectivity index (χ1n) is 18.7. The normalized spacial score (nSPS) is 12.9. The van der Waals surface area contributed by atoms with Gasteiger partial charge < -0.3 is 20.1 Å². The van der Waals surface area contributed by atoms with Crippen molar-refractivity contribution in [3.8, 4) is 11.5 Å². The van der Waals surface area contributed by atoms with Crippen LogP contribution in [0, 0.1) is 0 Å². The van der Waals surface area contributed by atoms with Crippen LogP contribution in [0.15, 0.2) is 109 Å². The lowest BCUT2D eigenvalue weighted by molar-refractivity contribution is 0.101. The summed E-state index contributed by atoms with van der Waals surface area (Å²) in [6.07, 6.45) is 8.05. The van der Waals surface area contributed by atoms with Gasteiger partial charge in [0.15, 0.2) is 11.6 Å². The van der Waals surface area contributed by atoms with Gasteiger partial charge in [0.05, 0.1) is 36.5 Å². The predicted octanol–water partition coefficient (Wildman–Crippen LogP) is 10.2. The number of methoxy groups -OCH3 is 2. The van der Waals surface area contributed by atoms with Crippen LogP contribution in [0.5, 0.6) is 11.5 Å². The van der Waals surface area contributed by atoms with E-state index in [9.17, 15) is 19.2 Å². The lowest BCUT2D eigenvalue weighted by atomic mass is 9.92. The summed E-state index contributed by atoms with van der Waals surface area (Å²) in [6, 6.07) is 32.7. The van der Waals surface area contributed by atoms with E-state index in [1.807, 2.05) is 72.8 Å². The van der Waals surface area contributed by atoms with Crippen molar-refractivity contribution in [1.29, 1.82) is 0 Å². The Kier molecular flexibility index (Phi) is 12.2. The van der Waals surface area contributed by atoms with Crippen LogP contribution in [0.4, 0.5) is 10.0 Å². The van der Waals surface area contributed by atoms with Crippen LogP contribution in [0.25, 0.3) is 0 Å². The molecule has 0 saturated carbocycles. The molecule has 8 nitrogen and oxygen atoms in total. The summed E-state index contributed by atoms with van der Waals surface area (Å²) in [5.41, 5.74) is 5.68. The van der Waals surface area contributed by atoms with Crippen LogP contribution in [0.3, 0.4) is 0 Å². The summed E-state index contributed by atoms with van der Waals surface area (Å²) in [7, 11) is 3.08. The Hall–Kier alpha value is -5.84. The number of aryl methyl sites for hydroxylation is 2. The molecule has 0 radical (unpaired) electrons. The Morgan fingerprint density at radius 2 is 0.839 bits per heavy atom. The van der Waals surface area contributed by atoms with Gasteiger partial charge in [0.2, 0.25) is 0 Å². The van der Waals surface area contributed by atoms with Gasteiger partial charge in [-0.05, 0) is 86.8 Å². The number of carbonyl (C=O) groups is 4. The summed E-state index contributed by atoms with van der Waals surface area (Å²) in [5.74, 6) is 0.427. The number of rotatable bonds is 10. The Bertz CT molecular complexity index is 2210. The highest BCUT2D eigenvalue weighted by atomic mass is 32.1. The van der Waals surface area contributed by atoms with E-state index >= 15 is 0 Å². The van der Waals surface area contributed by atoms with E-state index in [0.717, 1.165) is 62.5 Å². The van der Waals surface area contributed by atoms with Crippen LogP contribution < -0.4 is 20.1 Å². The van der Waals surface area contributed by atoms with Crippen molar-refractivity contribution in [3.63, 3.8) is 0 Å². The molecule has 0 aliphatic heterocycles. The Labute approximate surface area is 334 Å². The van der Waals surface area contributed by atoms with Crippen molar-refractivity contribution in [2.45, 2.75) is 51.4 Å². The number of hydrogen-bond donors (Lipinski definition) is 2. The van der Waals surface area contributed by atoms with Crippen molar-refractivity contribution in [1.82, 2.24) is 0 Å².